The van der Waals surface area contributed by atoms with Gasteiger partial charge in [0.15, 0.2) is 17.4 Å². The summed E-state index contributed by atoms with van der Waals surface area (Å²) in [4.78, 5) is 0. The first-order valence-electron chi connectivity index (χ1n) is 0. The quantitative estimate of drug-likeness (QED) is 0.374. The first-order chi connectivity index (χ1) is 0. The molecular weight excluding hydrogens is 231 g/mol. The van der Waals surface area contributed by atoms with E-state index >= 15 is 0 Å². The van der Waals surface area contributed by atoms with Crippen LogP contribution < -0.4 is 18.9 Å². The van der Waals surface area contributed by atoms with Crippen molar-refractivity contribution in [3.8, 4) is 0 Å². The van der Waals surface area contributed by atoms with E-state index in [1.165, 1.54) is 0 Å². The van der Waals surface area contributed by atoms with E-state index in [4.69, 9.17) is 0 Å². The molecule has 0 aromatic carbocycles. The first-order valence-corrected chi connectivity index (χ1v) is 0. The molecule has 0 aliphatic heterocycles. The summed E-state index contributed by atoms with van der Waals surface area (Å²) in [6, 6.07) is 0. The molecule has 0 aromatic heterocycles. The van der Waals surface area contributed by atoms with Gasteiger partial charge in [0, 0.05) is 50.3 Å². The molecule has 0 atom stereocenters. The Morgan fingerprint density at radius 3 is 1.17 bits per heavy atom. The van der Waals surface area contributed by atoms with Crippen LogP contribution in [-0.2, 0) is 50.3 Å². The smallest absolute Gasteiger partial charge is 1.00 e. The summed E-state index contributed by atoms with van der Waals surface area (Å²) >= 11 is 0. The molecule has 0 fully saturated rings. The molecule has 0 rings (SSSR count). The molecule has 0 aliphatic carbocycles. The van der Waals surface area contributed by atoms with Gasteiger partial charge in [-0.1, -0.05) is 0 Å². The van der Waals surface area contributed by atoms with Crippen molar-refractivity contribution < 1.29 is 73.5 Å². The standard InChI is InChI=1S/Al.Co.Li.Mg.Mn.Ni.6H/q;;+1;+2;;;;;;3*-1. The van der Waals surface area contributed by atoms with E-state index in [-0.39, 0.29) is 114 Å². The molecule has 0 heterocycles. The van der Waals surface area contributed by atoms with Gasteiger partial charge >= 0.3 is 41.9 Å². The van der Waals surface area contributed by atoms with Crippen LogP contribution in [0.5, 0.6) is 0 Å². The topological polar surface area (TPSA) is 0 Å². The second kappa shape index (κ2) is 39.7. The molecule has 38 valence electrons. The van der Waals surface area contributed by atoms with Crippen molar-refractivity contribution in [2.75, 3.05) is 0 Å². The van der Waals surface area contributed by atoms with Crippen LogP contribution in [0.2, 0.25) is 0 Å². The van der Waals surface area contributed by atoms with Crippen molar-refractivity contribution >= 4 is 40.4 Å². The predicted octanol–water partition coefficient (Wildman–Crippen LogP) is -4.23. The summed E-state index contributed by atoms with van der Waals surface area (Å²) in [7, 11) is 0. The third kappa shape index (κ3) is 26.2. The van der Waals surface area contributed by atoms with Crippen molar-refractivity contribution in [2.45, 2.75) is 0 Å². The van der Waals surface area contributed by atoms with Crippen LogP contribution >= 0.6 is 0 Å². The van der Waals surface area contributed by atoms with E-state index in [0.717, 1.165) is 0 Å². The fourth-order valence-electron chi connectivity index (χ4n) is 0. The van der Waals surface area contributed by atoms with Crippen molar-refractivity contribution in [1.82, 2.24) is 0 Å². The molecule has 0 bridgehead atoms. The van der Waals surface area contributed by atoms with Gasteiger partial charge in [-0.25, -0.2) is 0 Å². The molecule has 0 N–H and O–H groups in total. The van der Waals surface area contributed by atoms with Gasteiger partial charge in [-0.2, -0.15) is 0 Å². The normalized spacial score (nSPS) is 0. The van der Waals surface area contributed by atoms with E-state index in [2.05, 4.69) is 0 Å². The van der Waals surface area contributed by atoms with Gasteiger partial charge in [-0.15, -0.1) is 0 Å². The van der Waals surface area contributed by atoms with Crippen molar-refractivity contribution in [3.63, 3.8) is 0 Å². The minimum atomic E-state index is 0. The third-order valence-corrected chi connectivity index (χ3v) is 0. The van der Waals surface area contributed by atoms with Crippen LogP contribution in [0.15, 0.2) is 0 Å². The monoisotopic (exact) mass is 236 g/mol. The molecule has 6 heavy (non-hydrogen) atoms. The van der Waals surface area contributed by atoms with Crippen LogP contribution in [0.3, 0.4) is 0 Å². The van der Waals surface area contributed by atoms with Crippen LogP contribution in [0, 0.1) is 0 Å². The molecule has 0 aromatic rings. The van der Waals surface area contributed by atoms with Crippen LogP contribution in [-0.4, -0.2) is 40.4 Å². The third-order valence-electron chi connectivity index (χ3n) is 0. The molecule has 6 heteroatoms. The Labute approximate surface area is 112 Å². The zero-order valence-corrected chi connectivity index (χ0v) is 7.36. The Kier molecular flexibility index (Phi) is 378. The van der Waals surface area contributed by atoms with Crippen LogP contribution in [0.4, 0.5) is 0 Å². The first kappa shape index (κ1) is 57.2. The zero-order valence-electron chi connectivity index (χ0n) is 5.73. The molecule has 0 nitrogen and oxygen atoms in total. The number of hydrogen-bond acceptors (Lipinski definition) is 0. The van der Waals surface area contributed by atoms with Crippen molar-refractivity contribution in [1.29, 1.82) is 0 Å². The second-order valence-corrected chi connectivity index (χ2v) is 0. The summed E-state index contributed by atoms with van der Waals surface area (Å²) in [5.74, 6) is 0. The Morgan fingerprint density at radius 1 is 1.17 bits per heavy atom. The molecule has 0 saturated carbocycles. The van der Waals surface area contributed by atoms with E-state index in [0.29, 0.717) is 0 Å². The zero-order chi connectivity index (χ0) is 0. The van der Waals surface area contributed by atoms with Crippen LogP contribution in [0.1, 0.15) is 4.28 Å². The SMILES string of the molecule is [AlH3].[Co].[H-].[H-].[H-].[Li+].[Mg+2].[Mn].[Ni]. The van der Waals surface area contributed by atoms with Crippen LogP contribution in [0.25, 0.3) is 0 Å². The molecule has 0 unspecified atom stereocenters. The van der Waals surface area contributed by atoms with Gasteiger partial charge in [-0.05, 0) is 0 Å². The fourth-order valence-corrected chi connectivity index (χ4v) is 0. The van der Waals surface area contributed by atoms with Crippen molar-refractivity contribution in [2.24, 2.45) is 0 Å². The summed E-state index contributed by atoms with van der Waals surface area (Å²) in [5, 5.41) is 0. The average molecular weight is 237 g/mol. The van der Waals surface area contributed by atoms with Gasteiger partial charge in [0.2, 0.25) is 0 Å². The summed E-state index contributed by atoms with van der Waals surface area (Å²) < 4.78 is 0. The van der Waals surface area contributed by atoms with E-state index in [9.17, 15) is 0 Å². The maximum absolute atomic E-state index is 0. The molecule has 0 spiro atoms. The predicted molar refractivity (Wildman–Crippen MR) is 19.0 cm³/mol. The summed E-state index contributed by atoms with van der Waals surface area (Å²) in [6.45, 7) is 0. The Bertz CT molecular complexity index is 23.8. The Hall–Kier alpha value is 3.42. The molecule has 0 saturated heterocycles. The van der Waals surface area contributed by atoms with Gasteiger partial charge in [0.05, 0.1) is 0 Å². The van der Waals surface area contributed by atoms with Crippen molar-refractivity contribution in [3.05, 3.63) is 0 Å². The fraction of sp³-hybridized carbons (Fsp3) is 0. The van der Waals surface area contributed by atoms with Gasteiger partial charge in [0.1, 0.15) is 0 Å². The number of rotatable bonds is 0. The molecule has 2 radical (unpaired) electrons. The Morgan fingerprint density at radius 2 is 1.17 bits per heavy atom. The van der Waals surface area contributed by atoms with Gasteiger partial charge < -0.3 is 4.28 Å². The molecular formula is H6AlCoLiMgMnNi. The Balaban J connectivity index is 0. The minimum Gasteiger partial charge on any atom is -1.00 e. The van der Waals surface area contributed by atoms with E-state index < -0.39 is 0 Å². The number of hydrogen-bond donors (Lipinski definition) is 0. The summed E-state index contributed by atoms with van der Waals surface area (Å²) in [6.07, 6.45) is 0. The average Bonchev–Trinajstić information content (AvgIpc) is 0. The van der Waals surface area contributed by atoms with Gasteiger partial charge in [0.25, 0.3) is 0 Å². The maximum atomic E-state index is 0. The molecule has 0 amide bonds. The maximum Gasteiger partial charge on any atom is 2.00 e. The second-order valence-electron chi connectivity index (χ2n) is 0. The molecule has 0 aliphatic rings. The largest absolute Gasteiger partial charge is 2.00 e. The van der Waals surface area contributed by atoms with E-state index in [1.54, 1.807) is 0 Å². The van der Waals surface area contributed by atoms with E-state index in [1.807, 2.05) is 0 Å². The van der Waals surface area contributed by atoms with Gasteiger partial charge in [-0.3, -0.25) is 0 Å². The summed E-state index contributed by atoms with van der Waals surface area (Å²) in [5.41, 5.74) is 0. The minimum absolute atomic E-state index is 0.